The molecule has 0 aliphatic rings. The summed E-state index contributed by atoms with van der Waals surface area (Å²) in [7, 11) is -3.61. The first kappa shape index (κ1) is 16.5. The third kappa shape index (κ3) is 5.59. The first-order valence-corrected chi connectivity index (χ1v) is 7.68. The summed E-state index contributed by atoms with van der Waals surface area (Å²) in [5, 5.41) is 8.55. The lowest BCUT2D eigenvalue weighted by Crippen LogP contribution is -2.26. The lowest BCUT2D eigenvalue weighted by Gasteiger charge is -2.19. The van der Waals surface area contributed by atoms with Gasteiger partial charge in [0.1, 0.15) is 12.4 Å². The normalized spacial score (nSPS) is 11.7. The second-order valence-corrected chi connectivity index (χ2v) is 7.30. The topological polar surface area (TPSA) is 66.4 Å². The third-order valence-electron chi connectivity index (χ3n) is 2.17. The van der Waals surface area contributed by atoms with Crippen LogP contribution in [-0.4, -0.2) is 25.9 Å². The van der Waals surface area contributed by atoms with Gasteiger partial charge in [0, 0.05) is 5.56 Å². The van der Waals surface area contributed by atoms with Crippen molar-refractivity contribution in [2.75, 3.05) is 17.1 Å². The van der Waals surface area contributed by atoms with Gasteiger partial charge in [-0.15, -0.1) is 0 Å². The van der Waals surface area contributed by atoms with Crippen molar-refractivity contribution >= 4 is 15.7 Å². The van der Waals surface area contributed by atoms with Crippen molar-refractivity contribution in [3.05, 3.63) is 29.6 Å². The Hall–Kier alpha value is -1.58. The lowest BCUT2D eigenvalue weighted by atomic mass is 10.0. The van der Waals surface area contributed by atoms with Crippen LogP contribution in [0.3, 0.4) is 0 Å². The summed E-state index contributed by atoms with van der Waals surface area (Å²) in [6.07, 6.45) is 0. The molecule has 1 rings (SSSR count). The van der Waals surface area contributed by atoms with Crippen LogP contribution in [0.2, 0.25) is 0 Å². The summed E-state index contributed by atoms with van der Waals surface area (Å²) in [6.45, 7) is 5.05. The third-order valence-corrected chi connectivity index (χ3v) is 3.95. The molecule has 0 saturated heterocycles. The molecule has 2 N–H and O–H groups in total. The van der Waals surface area contributed by atoms with Gasteiger partial charge in [-0.1, -0.05) is 32.6 Å². The van der Waals surface area contributed by atoms with E-state index >= 15 is 0 Å². The number of anilines is 1. The standard InChI is InChI=1S/C14H18FNO3S/c1-14(2,3)10-20(18,19)16-13-7-6-11(5-4-8-17)9-12(13)15/h6-7,9,16-17H,8,10H2,1-3H3. The molecular weight excluding hydrogens is 281 g/mol. The minimum absolute atomic E-state index is 0.106. The van der Waals surface area contributed by atoms with E-state index in [1.165, 1.54) is 12.1 Å². The molecule has 0 unspecified atom stereocenters. The second kappa shape index (κ2) is 6.25. The summed E-state index contributed by atoms with van der Waals surface area (Å²) >= 11 is 0. The van der Waals surface area contributed by atoms with Crippen LogP contribution in [0.5, 0.6) is 0 Å². The van der Waals surface area contributed by atoms with Crippen LogP contribution in [0, 0.1) is 23.1 Å². The molecule has 0 bridgehead atoms. The van der Waals surface area contributed by atoms with Crippen LogP contribution in [-0.2, 0) is 10.0 Å². The van der Waals surface area contributed by atoms with E-state index in [0.717, 1.165) is 6.07 Å². The Labute approximate surface area is 119 Å². The second-order valence-electron chi connectivity index (χ2n) is 5.58. The number of sulfonamides is 1. The molecule has 0 fully saturated rings. The Kier molecular flexibility index (Phi) is 5.15. The summed E-state index contributed by atoms with van der Waals surface area (Å²) in [5.74, 6) is 4.13. The van der Waals surface area contributed by atoms with Crippen molar-refractivity contribution in [1.82, 2.24) is 0 Å². The van der Waals surface area contributed by atoms with E-state index in [-0.39, 0.29) is 18.0 Å². The number of aliphatic hydroxyl groups is 1. The van der Waals surface area contributed by atoms with E-state index in [9.17, 15) is 12.8 Å². The SMILES string of the molecule is CC(C)(C)CS(=O)(=O)Nc1ccc(C#CCO)cc1F. The number of benzene rings is 1. The molecular formula is C14H18FNO3S. The molecule has 110 valence electrons. The molecule has 0 atom stereocenters. The number of hydrogen-bond donors (Lipinski definition) is 2. The van der Waals surface area contributed by atoms with Gasteiger partial charge < -0.3 is 5.11 Å². The van der Waals surface area contributed by atoms with Crippen molar-refractivity contribution in [2.24, 2.45) is 5.41 Å². The molecule has 0 saturated carbocycles. The van der Waals surface area contributed by atoms with Crippen LogP contribution < -0.4 is 4.72 Å². The van der Waals surface area contributed by atoms with E-state index in [1.54, 1.807) is 20.8 Å². The summed E-state index contributed by atoms with van der Waals surface area (Å²) in [5.41, 5.74) is -0.159. The van der Waals surface area contributed by atoms with Gasteiger partial charge in [-0.25, -0.2) is 12.8 Å². The fraction of sp³-hybridized carbons (Fsp3) is 0.429. The fourth-order valence-corrected chi connectivity index (χ4v) is 3.30. The van der Waals surface area contributed by atoms with Gasteiger partial charge >= 0.3 is 0 Å². The van der Waals surface area contributed by atoms with Gasteiger partial charge in [-0.05, 0) is 23.6 Å². The fourth-order valence-electron chi connectivity index (χ4n) is 1.59. The molecule has 0 amide bonds. The molecule has 6 heteroatoms. The number of rotatable bonds is 3. The zero-order valence-corrected chi connectivity index (χ0v) is 12.5. The summed E-state index contributed by atoms with van der Waals surface area (Å²) in [6, 6.07) is 3.93. The Morgan fingerprint density at radius 3 is 2.50 bits per heavy atom. The monoisotopic (exact) mass is 299 g/mol. The van der Waals surface area contributed by atoms with Crippen LogP contribution in [0.15, 0.2) is 18.2 Å². The quantitative estimate of drug-likeness (QED) is 0.839. The van der Waals surface area contributed by atoms with E-state index in [2.05, 4.69) is 16.6 Å². The zero-order chi connectivity index (χ0) is 15.4. The number of nitrogens with one attached hydrogen (secondary N) is 1. The van der Waals surface area contributed by atoms with Crippen LogP contribution in [0.25, 0.3) is 0 Å². The minimum atomic E-state index is -3.61. The van der Waals surface area contributed by atoms with E-state index in [1.807, 2.05) is 0 Å². The first-order chi connectivity index (χ1) is 9.13. The molecule has 0 aromatic heterocycles. The lowest BCUT2D eigenvalue weighted by molar-refractivity contribution is 0.350. The molecule has 4 nitrogen and oxygen atoms in total. The molecule has 0 radical (unpaired) electrons. The van der Waals surface area contributed by atoms with Crippen molar-refractivity contribution in [3.8, 4) is 11.8 Å². The maximum Gasteiger partial charge on any atom is 0.233 e. The first-order valence-electron chi connectivity index (χ1n) is 6.03. The summed E-state index contributed by atoms with van der Waals surface area (Å²) < 4.78 is 39.8. The predicted octanol–water partition coefficient (Wildman–Crippen LogP) is 1.96. The summed E-state index contributed by atoms with van der Waals surface area (Å²) in [4.78, 5) is 0. The number of halogens is 1. The van der Waals surface area contributed by atoms with Crippen molar-refractivity contribution in [2.45, 2.75) is 20.8 Å². The smallest absolute Gasteiger partial charge is 0.233 e. The minimum Gasteiger partial charge on any atom is -0.384 e. The van der Waals surface area contributed by atoms with Crippen LogP contribution in [0.4, 0.5) is 10.1 Å². The van der Waals surface area contributed by atoms with Crippen LogP contribution >= 0.6 is 0 Å². The molecule has 0 heterocycles. The largest absolute Gasteiger partial charge is 0.384 e. The molecule has 20 heavy (non-hydrogen) atoms. The van der Waals surface area contributed by atoms with E-state index in [0.29, 0.717) is 5.56 Å². The van der Waals surface area contributed by atoms with Gasteiger partial charge in [0.25, 0.3) is 0 Å². The number of aliphatic hydroxyl groups excluding tert-OH is 1. The highest BCUT2D eigenvalue weighted by molar-refractivity contribution is 7.92. The average Bonchev–Trinajstić information content (AvgIpc) is 2.26. The molecule has 0 spiro atoms. The van der Waals surface area contributed by atoms with Gasteiger partial charge in [0.2, 0.25) is 10.0 Å². The molecule has 0 aliphatic heterocycles. The Morgan fingerprint density at radius 2 is 2.00 bits per heavy atom. The molecule has 1 aromatic rings. The Bertz CT molecular complexity index is 637. The molecule has 0 aliphatic carbocycles. The highest BCUT2D eigenvalue weighted by Crippen LogP contribution is 2.21. The van der Waals surface area contributed by atoms with Crippen molar-refractivity contribution in [1.29, 1.82) is 0 Å². The van der Waals surface area contributed by atoms with E-state index in [4.69, 9.17) is 5.11 Å². The highest BCUT2D eigenvalue weighted by atomic mass is 32.2. The Balaban J connectivity index is 2.94. The van der Waals surface area contributed by atoms with Crippen molar-refractivity contribution in [3.63, 3.8) is 0 Å². The Morgan fingerprint density at radius 1 is 1.35 bits per heavy atom. The van der Waals surface area contributed by atoms with Gasteiger partial charge in [-0.2, -0.15) is 0 Å². The average molecular weight is 299 g/mol. The maximum absolute atomic E-state index is 13.8. The molecule has 1 aromatic carbocycles. The van der Waals surface area contributed by atoms with Gasteiger partial charge in [0.05, 0.1) is 11.4 Å². The predicted molar refractivity (Wildman–Crippen MR) is 77.2 cm³/mol. The number of hydrogen-bond acceptors (Lipinski definition) is 3. The van der Waals surface area contributed by atoms with E-state index < -0.39 is 21.3 Å². The van der Waals surface area contributed by atoms with Crippen LogP contribution in [0.1, 0.15) is 26.3 Å². The van der Waals surface area contributed by atoms with Gasteiger partial charge in [0.15, 0.2) is 0 Å². The maximum atomic E-state index is 13.8. The van der Waals surface area contributed by atoms with Gasteiger partial charge in [-0.3, -0.25) is 4.72 Å². The van der Waals surface area contributed by atoms with Crippen molar-refractivity contribution < 1.29 is 17.9 Å². The highest BCUT2D eigenvalue weighted by Gasteiger charge is 2.22. The zero-order valence-electron chi connectivity index (χ0n) is 11.7.